The maximum absolute atomic E-state index is 6.29. The van der Waals surface area contributed by atoms with E-state index in [2.05, 4.69) is 18.2 Å². The van der Waals surface area contributed by atoms with Crippen molar-refractivity contribution in [1.29, 1.82) is 0 Å². The first-order valence-electron chi connectivity index (χ1n) is 6.56. The van der Waals surface area contributed by atoms with Crippen LogP contribution in [0.3, 0.4) is 0 Å². The minimum Gasteiger partial charge on any atom is -0.327 e. The van der Waals surface area contributed by atoms with Crippen LogP contribution in [0.1, 0.15) is 44.6 Å². The van der Waals surface area contributed by atoms with Crippen LogP contribution in [0.4, 0.5) is 0 Å². The Morgan fingerprint density at radius 3 is 2.81 bits per heavy atom. The normalized spacial score (nSPS) is 19.9. The molecule has 0 radical (unpaired) electrons. The first-order chi connectivity index (χ1) is 7.79. The Balaban J connectivity index is 1.87. The summed E-state index contributed by atoms with van der Waals surface area (Å²) in [6.45, 7) is 3.05. The van der Waals surface area contributed by atoms with E-state index in [9.17, 15) is 0 Å². The van der Waals surface area contributed by atoms with E-state index in [4.69, 9.17) is 5.73 Å². The summed E-state index contributed by atoms with van der Waals surface area (Å²) in [6.07, 6.45) is 11.9. The van der Waals surface area contributed by atoms with Gasteiger partial charge in [-0.25, -0.2) is 0 Å². The molecule has 0 bridgehead atoms. The van der Waals surface area contributed by atoms with Gasteiger partial charge in [-0.15, -0.1) is 0 Å². The molecular formula is C13H23N3. The monoisotopic (exact) mass is 221 g/mol. The lowest BCUT2D eigenvalue weighted by Gasteiger charge is -2.27. The van der Waals surface area contributed by atoms with E-state index < -0.39 is 0 Å². The molecule has 1 aromatic heterocycles. The molecule has 1 aliphatic rings. The van der Waals surface area contributed by atoms with Gasteiger partial charge in [0.2, 0.25) is 0 Å². The number of nitrogens with two attached hydrogens (primary N) is 1. The molecule has 0 spiro atoms. The zero-order valence-corrected chi connectivity index (χ0v) is 10.2. The molecule has 3 nitrogen and oxygen atoms in total. The van der Waals surface area contributed by atoms with Gasteiger partial charge in [-0.05, 0) is 37.7 Å². The highest BCUT2D eigenvalue weighted by molar-refractivity contribution is 5.06. The van der Waals surface area contributed by atoms with Gasteiger partial charge in [0.1, 0.15) is 0 Å². The molecule has 1 saturated carbocycles. The van der Waals surface area contributed by atoms with E-state index in [1.54, 1.807) is 0 Å². The largest absolute Gasteiger partial charge is 0.327 e. The third-order valence-electron chi connectivity index (χ3n) is 3.74. The fourth-order valence-corrected chi connectivity index (χ4v) is 2.69. The number of rotatable bonds is 4. The van der Waals surface area contributed by atoms with Gasteiger partial charge in [-0.1, -0.05) is 19.3 Å². The van der Waals surface area contributed by atoms with Gasteiger partial charge >= 0.3 is 0 Å². The van der Waals surface area contributed by atoms with Crippen LogP contribution in [-0.4, -0.2) is 15.8 Å². The molecule has 1 fully saturated rings. The number of aryl methyl sites for hydroxylation is 1. The highest BCUT2D eigenvalue weighted by Gasteiger charge is 2.20. The second-order valence-corrected chi connectivity index (χ2v) is 4.97. The van der Waals surface area contributed by atoms with Gasteiger partial charge in [0, 0.05) is 18.8 Å². The van der Waals surface area contributed by atoms with E-state index in [0.29, 0.717) is 6.04 Å². The molecule has 3 heteroatoms. The maximum Gasteiger partial charge on any atom is 0.0522 e. The summed E-state index contributed by atoms with van der Waals surface area (Å²) >= 11 is 0. The summed E-state index contributed by atoms with van der Waals surface area (Å²) in [7, 11) is 0. The molecule has 1 heterocycles. The summed E-state index contributed by atoms with van der Waals surface area (Å²) in [5.41, 5.74) is 7.59. The molecule has 0 aliphatic heterocycles. The molecule has 0 amide bonds. The third-order valence-corrected chi connectivity index (χ3v) is 3.74. The van der Waals surface area contributed by atoms with Gasteiger partial charge in [0.05, 0.1) is 6.20 Å². The number of hydrogen-bond acceptors (Lipinski definition) is 2. The smallest absolute Gasteiger partial charge is 0.0522 e. The van der Waals surface area contributed by atoms with E-state index in [0.717, 1.165) is 18.9 Å². The van der Waals surface area contributed by atoms with Crippen LogP contribution < -0.4 is 5.73 Å². The summed E-state index contributed by atoms with van der Waals surface area (Å²) in [4.78, 5) is 0. The standard InChI is InChI=1S/C13H23N3/c1-2-16-10-11(9-15-16)8-13(14)12-6-4-3-5-7-12/h9-10,12-13H,2-8,14H2,1H3. The molecular weight excluding hydrogens is 198 g/mol. The Bertz CT molecular complexity index is 313. The van der Waals surface area contributed by atoms with E-state index in [1.165, 1.54) is 37.7 Å². The molecule has 0 aromatic carbocycles. The predicted octanol–water partition coefficient (Wildman–Crippen LogP) is 2.35. The van der Waals surface area contributed by atoms with Crippen LogP contribution in [-0.2, 0) is 13.0 Å². The fraction of sp³-hybridized carbons (Fsp3) is 0.769. The molecule has 16 heavy (non-hydrogen) atoms. The molecule has 0 saturated heterocycles. The topological polar surface area (TPSA) is 43.8 Å². The number of nitrogens with zero attached hydrogens (tertiary/aromatic N) is 2. The molecule has 2 rings (SSSR count). The summed E-state index contributed by atoms with van der Waals surface area (Å²) in [5, 5.41) is 4.29. The lowest BCUT2D eigenvalue weighted by atomic mass is 9.82. The van der Waals surface area contributed by atoms with Crippen LogP contribution in [0.25, 0.3) is 0 Å². The Hall–Kier alpha value is -0.830. The predicted molar refractivity (Wildman–Crippen MR) is 66.2 cm³/mol. The van der Waals surface area contributed by atoms with Gasteiger partial charge in [0.25, 0.3) is 0 Å². The summed E-state index contributed by atoms with van der Waals surface area (Å²) < 4.78 is 1.98. The summed E-state index contributed by atoms with van der Waals surface area (Å²) in [6, 6.07) is 0.329. The second kappa shape index (κ2) is 5.48. The van der Waals surface area contributed by atoms with E-state index >= 15 is 0 Å². The maximum atomic E-state index is 6.29. The Labute approximate surface area is 98.0 Å². The van der Waals surface area contributed by atoms with Crippen molar-refractivity contribution in [2.24, 2.45) is 11.7 Å². The molecule has 1 aromatic rings. The number of hydrogen-bond donors (Lipinski definition) is 1. The first kappa shape index (κ1) is 11.6. The minimum atomic E-state index is 0.329. The average molecular weight is 221 g/mol. The molecule has 1 aliphatic carbocycles. The van der Waals surface area contributed by atoms with Crippen molar-refractivity contribution in [1.82, 2.24) is 9.78 Å². The highest BCUT2D eigenvalue weighted by atomic mass is 15.3. The molecule has 1 unspecified atom stereocenters. The number of aromatic nitrogens is 2. The SMILES string of the molecule is CCn1cc(CC(N)C2CCCCC2)cn1. The lowest BCUT2D eigenvalue weighted by molar-refractivity contribution is 0.303. The van der Waals surface area contributed by atoms with Crippen LogP contribution >= 0.6 is 0 Å². The van der Waals surface area contributed by atoms with Crippen molar-refractivity contribution >= 4 is 0 Å². The van der Waals surface area contributed by atoms with Crippen LogP contribution in [0, 0.1) is 5.92 Å². The van der Waals surface area contributed by atoms with Gasteiger partial charge < -0.3 is 5.73 Å². The quantitative estimate of drug-likeness (QED) is 0.848. The van der Waals surface area contributed by atoms with Crippen molar-refractivity contribution in [2.45, 2.75) is 58.0 Å². The Morgan fingerprint density at radius 2 is 2.19 bits per heavy atom. The van der Waals surface area contributed by atoms with Crippen molar-refractivity contribution in [3.05, 3.63) is 18.0 Å². The van der Waals surface area contributed by atoms with Crippen LogP contribution in [0.2, 0.25) is 0 Å². The lowest BCUT2D eigenvalue weighted by Crippen LogP contribution is -2.33. The van der Waals surface area contributed by atoms with E-state index in [1.807, 2.05) is 10.9 Å². The summed E-state index contributed by atoms with van der Waals surface area (Å²) in [5.74, 6) is 0.735. The third kappa shape index (κ3) is 2.85. The Kier molecular flexibility index (Phi) is 3.99. The molecule has 90 valence electrons. The van der Waals surface area contributed by atoms with Crippen LogP contribution in [0.5, 0.6) is 0 Å². The average Bonchev–Trinajstić information content (AvgIpc) is 2.78. The fourth-order valence-electron chi connectivity index (χ4n) is 2.69. The first-order valence-corrected chi connectivity index (χ1v) is 6.56. The van der Waals surface area contributed by atoms with Crippen LogP contribution in [0.15, 0.2) is 12.4 Å². The molecule has 2 N–H and O–H groups in total. The van der Waals surface area contributed by atoms with Crippen molar-refractivity contribution < 1.29 is 0 Å². The van der Waals surface area contributed by atoms with E-state index in [-0.39, 0.29) is 0 Å². The van der Waals surface area contributed by atoms with Crippen molar-refractivity contribution in [3.8, 4) is 0 Å². The molecule has 1 atom stereocenters. The second-order valence-electron chi connectivity index (χ2n) is 4.97. The minimum absolute atomic E-state index is 0.329. The zero-order valence-electron chi connectivity index (χ0n) is 10.2. The van der Waals surface area contributed by atoms with Crippen molar-refractivity contribution in [2.75, 3.05) is 0 Å². The zero-order chi connectivity index (χ0) is 11.4. The van der Waals surface area contributed by atoms with Crippen molar-refractivity contribution in [3.63, 3.8) is 0 Å². The van der Waals surface area contributed by atoms with Gasteiger partial charge in [0.15, 0.2) is 0 Å². The van der Waals surface area contributed by atoms with Gasteiger partial charge in [-0.3, -0.25) is 4.68 Å². The highest BCUT2D eigenvalue weighted by Crippen LogP contribution is 2.26. The Morgan fingerprint density at radius 1 is 1.44 bits per heavy atom. The van der Waals surface area contributed by atoms with Gasteiger partial charge in [-0.2, -0.15) is 5.10 Å².